The molecular weight excluding hydrogens is 436 g/mol. The molecule has 1 aliphatic rings. The lowest BCUT2D eigenvalue weighted by molar-refractivity contribution is 0.0731. The van der Waals surface area contributed by atoms with Gasteiger partial charge in [0, 0.05) is 35.5 Å². The summed E-state index contributed by atoms with van der Waals surface area (Å²) in [5.74, 6) is 2.34. The molecule has 1 aromatic heterocycles. The van der Waals surface area contributed by atoms with E-state index in [4.69, 9.17) is 14.2 Å². The lowest BCUT2D eigenvalue weighted by Gasteiger charge is -2.30. The number of nitrogens with zero attached hydrogens (tertiary/aromatic N) is 2. The van der Waals surface area contributed by atoms with Gasteiger partial charge in [0.1, 0.15) is 5.75 Å². The van der Waals surface area contributed by atoms with Crippen LogP contribution in [0.3, 0.4) is 0 Å². The number of likely N-dealkylation sites (N-methyl/N-ethyl adjacent to an activating group) is 1. The summed E-state index contributed by atoms with van der Waals surface area (Å²) in [5.41, 5.74) is 3.05. The van der Waals surface area contributed by atoms with Gasteiger partial charge in [0.25, 0.3) is 5.91 Å². The van der Waals surface area contributed by atoms with Crippen LogP contribution in [0.25, 0.3) is 10.1 Å². The van der Waals surface area contributed by atoms with Crippen LogP contribution in [-0.4, -0.2) is 70.3 Å². The Morgan fingerprint density at radius 2 is 1.91 bits per heavy atom. The second kappa shape index (κ2) is 10.4. The average molecular weight is 469 g/mol. The largest absolute Gasteiger partial charge is 0.497 e. The van der Waals surface area contributed by atoms with E-state index in [2.05, 4.69) is 29.5 Å². The number of benzene rings is 2. The number of hydrogen-bond acceptors (Lipinski definition) is 6. The first-order valence-corrected chi connectivity index (χ1v) is 12.2. The lowest BCUT2D eigenvalue weighted by atomic mass is 9.97. The van der Waals surface area contributed by atoms with Gasteiger partial charge in [-0.3, -0.25) is 4.79 Å². The van der Waals surface area contributed by atoms with E-state index in [9.17, 15) is 4.79 Å². The molecule has 7 heteroatoms. The summed E-state index contributed by atoms with van der Waals surface area (Å²) in [7, 11) is 7.11. The standard InChI is InChI=1S/C26H32N2O4S/c1-27(14-10-18-17-33-24-9-6-19(30-2)16-22(18)24)12-5-13-28-15-11-20-21(26(28)29)7-8-23(31-3)25(20)32-4/h6-9,16-17H,5,10-15H2,1-4H3. The van der Waals surface area contributed by atoms with E-state index < -0.39 is 0 Å². The molecule has 0 saturated carbocycles. The fourth-order valence-electron chi connectivity index (χ4n) is 4.51. The van der Waals surface area contributed by atoms with Gasteiger partial charge in [0.05, 0.1) is 21.3 Å². The molecule has 1 aliphatic heterocycles. The summed E-state index contributed by atoms with van der Waals surface area (Å²) in [6, 6.07) is 9.95. The molecule has 0 bridgehead atoms. The number of methoxy groups -OCH3 is 3. The molecule has 3 aromatic rings. The minimum atomic E-state index is 0.0820. The van der Waals surface area contributed by atoms with Crippen LogP contribution in [0.4, 0.5) is 0 Å². The van der Waals surface area contributed by atoms with Crippen LogP contribution < -0.4 is 14.2 Å². The highest BCUT2D eigenvalue weighted by Crippen LogP contribution is 2.36. The first-order valence-electron chi connectivity index (χ1n) is 11.3. The zero-order valence-corrected chi connectivity index (χ0v) is 20.7. The van der Waals surface area contributed by atoms with Gasteiger partial charge in [0.15, 0.2) is 11.5 Å². The second-order valence-electron chi connectivity index (χ2n) is 8.40. The predicted molar refractivity (Wildman–Crippen MR) is 133 cm³/mol. The first-order chi connectivity index (χ1) is 16.0. The third-order valence-electron chi connectivity index (χ3n) is 6.39. The molecule has 0 aliphatic carbocycles. The van der Waals surface area contributed by atoms with Crippen molar-refractivity contribution in [3.05, 3.63) is 52.4 Å². The molecule has 2 aromatic carbocycles. The summed E-state index contributed by atoms with van der Waals surface area (Å²) in [6.45, 7) is 3.40. The zero-order valence-electron chi connectivity index (χ0n) is 19.8. The first kappa shape index (κ1) is 23.4. The average Bonchev–Trinajstić information content (AvgIpc) is 3.25. The summed E-state index contributed by atoms with van der Waals surface area (Å²) < 4.78 is 17.6. The Bertz CT molecular complexity index is 1130. The summed E-state index contributed by atoms with van der Waals surface area (Å²) >= 11 is 1.79. The van der Waals surface area contributed by atoms with Crippen LogP contribution in [-0.2, 0) is 12.8 Å². The molecule has 0 saturated heterocycles. The fourth-order valence-corrected chi connectivity index (χ4v) is 5.49. The molecule has 0 unspecified atom stereocenters. The summed E-state index contributed by atoms with van der Waals surface area (Å²) in [6.07, 6.45) is 2.73. The van der Waals surface area contributed by atoms with Gasteiger partial charge in [-0.1, -0.05) is 0 Å². The van der Waals surface area contributed by atoms with E-state index in [1.807, 2.05) is 23.1 Å². The smallest absolute Gasteiger partial charge is 0.254 e. The highest BCUT2D eigenvalue weighted by Gasteiger charge is 2.28. The predicted octanol–water partition coefficient (Wildman–Crippen LogP) is 4.49. The van der Waals surface area contributed by atoms with Crippen LogP contribution in [0.5, 0.6) is 17.2 Å². The summed E-state index contributed by atoms with van der Waals surface area (Å²) in [5, 5.41) is 3.54. The molecule has 2 heterocycles. The number of rotatable bonds is 10. The Labute approximate surface area is 199 Å². The molecule has 4 rings (SSSR count). The van der Waals surface area contributed by atoms with Crippen LogP contribution >= 0.6 is 11.3 Å². The molecule has 176 valence electrons. The van der Waals surface area contributed by atoms with Gasteiger partial charge >= 0.3 is 0 Å². The zero-order chi connectivity index (χ0) is 23.4. The van der Waals surface area contributed by atoms with E-state index in [1.54, 1.807) is 32.7 Å². The Kier molecular flexibility index (Phi) is 7.40. The van der Waals surface area contributed by atoms with Gasteiger partial charge in [-0.15, -0.1) is 11.3 Å². The number of thiophene rings is 1. The summed E-state index contributed by atoms with van der Waals surface area (Å²) in [4.78, 5) is 17.3. The van der Waals surface area contributed by atoms with E-state index in [0.29, 0.717) is 18.0 Å². The topological polar surface area (TPSA) is 51.2 Å². The Hall–Kier alpha value is -2.77. The molecule has 33 heavy (non-hydrogen) atoms. The Morgan fingerprint density at radius 3 is 2.67 bits per heavy atom. The molecular formula is C26H32N2O4S. The van der Waals surface area contributed by atoms with Crippen molar-refractivity contribution >= 4 is 27.3 Å². The van der Waals surface area contributed by atoms with Crippen LogP contribution in [0.15, 0.2) is 35.7 Å². The highest BCUT2D eigenvalue weighted by atomic mass is 32.1. The van der Waals surface area contributed by atoms with Crippen molar-refractivity contribution in [3.8, 4) is 17.2 Å². The van der Waals surface area contributed by atoms with E-state index in [0.717, 1.165) is 55.8 Å². The van der Waals surface area contributed by atoms with Crippen molar-refractivity contribution in [3.63, 3.8) is 0 Å². The number of carbonyl (C=O) groups excluding carboxylic acids is 1. The molecule has 0 N–H and O–H groups in total. The fraction of sp³-hybridized carbons (Fsp3) is 0.423. The van der Waals surface area contributed by atoms with Crippen molar-refractivity contribution in [2.75, 3.05) is 54.6 Å². The third kappa shape index (κ3) is 4.94. The number of amides is 1. The van der Waals surface area contributed by atoms with Gasteiger partial charge in [-0.05, 0) is 79.5 Å². The quantitative estimate of drug-likeness (QED) is 0.439. The number of ether oxygens (including phenoxy) is 3. The molecule has 0 atom stereocenters. The van der Waals surface area contributed by atoms with Crippen LogP contribution in [0.2, 0.25) is 0 Å². The van der Waals surface area contributed by atoms with Crippen molar-refractivity contribution in [1.82, 2.24) is 9.80 Å². The van der Waals surface area contributed by atoms with Gasteiger partial charge in [0.2, 0.25) is 0 Å². The van der Waals surface area contributed by atoms with Crippen molar-refractivity contribution in [2.45, 2.75) is 19.3 Å². The van der Waals surface area contributed by atoms with Crippen molar-refractivity contribution in [1.29, 1.82) is 0 Å². The number of hydrogen-bond donors (Lipinski definition) is 0. The molecule has 6 nitrogen and oxygen atoms in total. The minimum absolute atomic E-state index is 0.0820. The number of fused-ring (bicyclic) bond motifs is 2. The maximum atomic E-state index is 13.0. The molecule has 0 fully saturated rings. The maximum Gasteiger partial charge on any atom is 0.254 e. The van der Waals surface area contributed by atoms with Crippen LogP contribution in [0.1, 0.15) is 27.9 Å². The van der Waals surface area contributed by atoms with Crippen molar-refractivity contribution in [2.24, 2.45) is 0 Å². The SMILES string of the molecule is COc1ccc2scc(CCN(C)CCCN3CCc4c(ccc(OC)c4OC)C3=O)c2c1. The van der Waals surface area contributed by atoms with E-state index in [-0.39, 0.29) is 5.91 Å². The lowest BCUT2D eigenvalue weighted by Crippen LogP contribution is -2.39. The van der Waals surface area contributed by atoms with Gasteiger partial charge < -0.3 is 24.0 Å². The Balaban J connectivity index is 1.29. The van der Waals surface area contributed by atoms with Gasteiger partial charge in [-0.2, -0.15) is 0 Å². The monoisotopic (exact) mass is 468 g/mol. The third-order valence-corrected chi connectivity index (χ3v) is 7.40. The minimum Gasteiger partial charge on any atom is -0.497 e. The Morgan fingerprint density at radius 1 is 1.06 bits per heavy atom. The highest BCUT2D eigenvalue weighted by molar-refractivity contribution is 7.17. The van der Waals surface area contributed by atoms with Crippen LogP contribution in [0, 0.1) is 0 Å². The molecule has 1 amide bonds. The van der Waals surface area contributed by atoms with Gasteiger partial charge in [-0.25, -0.2) is 0 Å². The van der Waals surface area contributed by atoms with Crippen molar-refractivity contribution < 1.29 is 19.0 Å². The second-order valence-corrected chi connectivity index (χ2v) is 9.31. The normalized spacial score (nSPS) is 13.5. The molecule has 0 spiro atoms. The van der Waals surface area contributed by atoms with E-state index >= 15 is 0 Å². The molecule has 0 radical (unpaired) electrons. The van der Waals surface area contributed by atoms with E-state index in [1.165, 1.54) is 15.6 Å². The maximum absolute atomic E-state index is 13.0. The number of carbonyl (C=O) groups is 1.